The van der Waals surface area contributed by atoms with Crippen LogP contribution in [0.25, 0.3) is 0 Å². The second-order valence-electron chi connectivity index (χ2n) is 3.75. The Bertz CT molecular complexity index is 398. The molecule has 98 valence electrons. The molecule has 0 aromatic carbocycles. The van der Waals surface area contributed by atoms with E-state index in [9.17, 15) is 9.59 Å². The Morgan fingerprint density at radius 1 is 1.50 bits per heavy atom. The van der Waals surface area contributed by atoms with Crippen molar-refractivity contribution >= 4 is 23.6 Å². The Labute approximate surface area is 110 Å². The molecule has 0 fully saturated rings. The summed E-state index contributed by atoms with van der Waals surface area (Å²) in [5, 5.41) is 11.0. The molecular formula is C12H16N2O3S. The molecule has 18 heavy (non-hydrogen) atoms. The Morgan fingerprint density at radius 2 is 2.28 bits per heavy atom. The third kappa shape index (κ3) is 5.67. The molecule has 0 saturated carbocycles. The van der Waals surface area contributed by atoms with Gasteiger partial charge in [0.25, 0.3) is 0 Å². The predicted molar refractivity (Wildman–Crippen MR) is 70.3 cm³/mol. The van der Waals surface area contributed by atoms with Gasteiger partial charge in [0.15, 0.2) is 0 Å². The summed E-state index contributed by atoms with van der Waals surface area (Å²) < 4.78 is 0. The van der Waals surface area contributed by atoms with E-state index in [-0.39, 0.29) is 5.91 Å². The maximum absolute atomic E-state index is 11.4. The summed E-state index contributed by atoms with van der Waals surface area (Å²) in [5.74, 6) is 0.139. The van der Waals surface area contributed by atoms with Crippen LogP contribution in [0.2, 0.25) is 0 Å². The highest BCUT2D eigenvalue weighted by Crippen LogP contribution is 2.10. The number of aromatic nitrogens is 1. The minimum Gasteiger partial charge on any atom is -0.480 e. The fourth-order valence-electron chi connectivity index (χ4n) is 1.20. The van der Waals surface area contributed by atoms with E-state index < -0.39 is 12.0 Å². The monoisotopic (exact) mass is 268 g/mol. The Morgan fingerprint density at radius 3 is 2.89 bits per heavy atom. The molecule has 6 heteroatoms. The SMILES string of the molecule is C[C@@H](NC(=O)CCSCc1ccccn1)C(=O)O. The Hall–Kier alpha value is -1.56. The summed E-state index contributed by atoms with van der Waals surface area (Å²) in [6, 6.07) is 4.87. The van der Waals surface area contributed by atoms with Crippen molar-refractivity contribution in [3.05, 3.63) is 30.1 Å². The van der Waals surface area contributed by atoms with E-state index in [1.165, 1.54) is 6.92 Å². The van der Waals surface area contributed by atoms with Gasteiger partial charge < -0.3 is 10.4 Å². The van der Waals surface area contributed by atoms with Crippen molar-refractivity contribution in [2.75, 3.05) is 5.75 Å². The number of carboxylic acids is 1. The van der Waals surface area contributed by atoms with Gasteiger partial charge in [0, 0.05) is 24.1 Å². The number of carboxylic acid groups (broad SMARTS) is 1. The normalized spacial score (nSPS) is 11.8. The smallest absolute Gasteiger partial charge is 0.325 e. The van der Waals surface area contributed by atoms with E-state index >= 15 is 0 Å². The number of nitrogens with zero attached hydrogens (tertiary/aromatic N) is 1. The van der Waals surface area contributed by atoms with Gasteiger partial charge in [0.1, 0.15) is 6.04 Å². The summed E-state index contributed by atoms with van der Waals surface area (Å²) in [7, 11) is 0. The van der Waals surface area contributed by atoms with Gasteiger partial charge in [-0.15, -0.1) is 0 Å². The molecule has 1 aromatic rings. The van der Waals surface area contributed by atoms with Gasteiger partial charge in [-0.05, 0) is 19.1 Å². The molecule has 0 saturated heterocycles. The van der Waals surface area contributed by atoms with E-state index in [0.29, 0.717) is 12.2 Å². The van der Waals surface area contributed by atoms with E-state index in [1.54, 1.807) is 18.0 Å². The largest absolute Gasteiger partial charge is 0.480 e. The second kappa shape index (κ2) is 7.71. The molecular weight excluding hydrogens is 252 g/mol. The van der Waals surface area contributed by atoms with Crippen LogP contribution in [0.1, 0.15) is 19.0 Å². The van der Waals surface area contributed by atoms with Gasteiger partial charge in [-0.1, -0.05) is 6.07 Å². The number of carbonyl (C=O) groups is 2. The van der Waals surface area contributed by atoms with E-state index in [4.69, 9.17) is 5.11 Å². The summed E-state index contributed by atoms with van der Waals surface area (Å²) in [5.41, 5.74) is 0.974. The van der Waals surface area contributed by atoms with Crippen molar-refractivity contribution in [3.63, 3.8) is 0 Å². The average molecular weight is 268 g/mol. The second-order valence-corrected chi connectivity index (χ2v) is 4.86. The first-order valence-electron chi connectivity index (χ1n) is 5.59. The topological polar surface area (TPSA) is 79.3 Å². The molecule has 1 amide bonds. The molecule has 1 aromatic heterocycles. The zero-order valence-electron chi connectivity index (χ0n) is 10.1. The number of hydrogen-bond donors (Lipinski definition) is 2. The van der Waals surface area contributed by atoms with Gasteiger partial charge >= 0.3 is 5.97 Å². The van der Waals surface area contributed by atoms with Crippen LogP contribution in [-0.4, -0.2) is 33.8 Å². The van der Waals surface area contributed by atoms with Gasteiger partial charge in [-0.25, -0.2) is 0 Å². The van der Waals surface area contributed by atoms with Crippen molar-refractivity contribution in [1.82, 2.24) is 10.3 Å². The number of nitrogens with one attached hydrogen (secondary N) is 1. The summed E-state index contributed by atoms with van der Waals surface area (Å²) in [4.78, 5) is 26.1. The van der Waals surface area contributed by atoms with Gasteiger partial charge in [0.2, 0.25) is 5.91 Å². The Kier molecular flexibility index (Phi) is 6.21. The predicted octanol–water partition coefficient (Wildman–Crippen LogP) is 1.29. The standard InChI is InChI=1S/C12H16N2O3S/c1-9(12(16)17)14-11(15)5-7-18-8-10-4-2-3-6-13-10/h2-4,6,9H,5,7-8H2,1H3,(H,14,15)(H,16,17)/t9-/m1/s1. The molecule has 0 bridgehead atoms. The van der Waals surface area contributed by atoms with Gasteiger partial charge in [0.05, 0.1) is 5.69 Å². The van der Waals surface area contributed by atoms with Crippen molar-refractivity contribution < 1.29 is 14.7 Å². The van der Waals surface area contributed by atoms with Crippen molar-refractivity contribution in [2.24, 2.45) is 0 Å². The highest BCUT2D eigenvalue weighted by molar-refractivity contribution is 7.98. The summed E-state index contributed by atoms with van der Waals surface area (Å²) >= 11 is 1.60. The minimum atomic E-state index is -1.02. The molecule has 1 atom stereocenters. The fourth-order valence-corrected chi connectivity index (χ4v) is 2.05. The minimum absolute atomic E-state index is 0.238. The molecule has 0 aliphatic carbocycles. The van der Waals surface area contributed by atoms with Gasteiger partial charge in [-0.2, -0.15) is 11.8 Å². The molecule has 0 unspecified atom stereocenters. The van der Waals surface area contributed by atoms with Crippen LogP contribution >= 0.6 is 11.8 Å². The van der Waals surface area contributed by atoms with Crippen LogP contribution in [-0.2, 0) is 15.3 Å². The van der Waals surface area contributed by atoms with Crippen molar-refractivity contribution in [2.45, 2.75) is 25.1 Å². The number of thioether (sulfide) groups is 1. The third-order valence-electron chi connectivity index (χ3n) is 2.20. The first-order valence-corrected chi connectivity index (χ1v) is 6.75. The summed E-state index contributed by atoms with van der Waals surface area (Å²) in [6.45, 7) is 1.45. The lowest BCUT2D eigenvalue weighted by molar-refractivity contribution is -0.141. The lowest BCUT2D eigenvalue weighted by Crippen LogP contribution is -2.38. The number of pyridine rings is 1. The molecule has 0 aliphatic rings. The molecule has 0 radical (unpaired) electrons. The first-order chi connectivity index (χ1) is 8.59. The lowest BCUT2D eigenvalue weighted by Gasteiger charge is -2.08. The molecule has 2 N–H and O–H groups in total. The number of amides is 1. The number of aliphatic carboxylic acids is 1. The number of hydrogen-bond acceptors (Lipinski definition) is 4. The molecule has 1 heterocycles. The third-order valence-corrected chi connectivity index (χ3v) is 3.19. The maximum Gasteiger partial charge on any atom is 0.325 e. The van der Waals surface area contributed by atoms with Crippen molar-refractivity contribution in [3.8, 4) is 0 Å². The number of carbonyl (C=O) groups excluding carboxylic acids is 1. The van der Waals surface area contributed by atoms with Crippen LogP contribution in [0.15, 0.2) is 24.4 Å². The number of rotatable bonds is 7. The van der Waals surface area contributed by atoms with Crippen LogP contribution in [0.3, 0.4) is 0 Å². The van der Waals surface area contributed by atoms with Crippen LogP contribution in [0.4, 0.5) is 0 Å². The lowest BCUT2D eigenvalue weighted by atomic mass is 10.3. The van der Waals surface area contributed by atoms with Gasteiger partial charge in [-0.3, -0.25) is 14.6 Å². The molecule has 5 nitrogen and oxygen atoms in total. The van der Waals surface area contributed by atoms with E-state index in [2.05, 4.69) is 10.3 Å². The zero-order chi connectivity index (χ0) is 13.4. The van der Waals surface area contributed by atoms with Crippen LogP contribution in [0.5, 0.6) is 0 Å². The van der Waals surface area contributed by atoms with E-state index in [1.807, 2.05) is 18.2 Å². The van der Waals surface area contributed by atoms with Crippen LogP contribution in [0, 0.1) is 0 Å². The van der Waals surface area contributed by atoms with E-state index in [0.717, 1.165) is 11.4 Å². The quantitative estimate of drug-likeness (QED) is 0.729. The summed E-state index contributed by atoms with van der Waals surface area (Å²) in [6.07, 6.45) is 2.05. The maximum atomic E-state index is 11.4. The first kappa shape index (κ1) is 14.5. The fraction of sp³-hybridized carbons (Fsp3) is 0.417. The van der Waals surface area contributed by atoms with Crippen molar-refractivity contribution in [1.29, 1.82) is 0 Å². The molecule has 1 rings (SSSR count). The zero-order valence-corrected chi connectivity index (χ0v) is 10.9. The molecule has 0 spiro atoms. The average Bonchev–Trinajstić information content (AvgIpc) is 2.35. The highest BCUT2D eigenvalue weighted by atomic mass is 32.2. The molecule has 0 aliphatic heterocycles. The highest BCUT2D eigenvalue weighted by Gasteiger charge is 2.13. The Balaban J connectivity index is 2.14. The van der Waals surface area contributed by atoms with Crippen LogP contribution < -0.4 is 5.32 Å².